The lowest BCUT2D eigenvalue weighted by Gasteiger charge is -2.28. The highest BCUT2D eigenvalue weighted by Crippen LogP contribution is 2.18. The third kappa shape index (κ3) is 3.87. The van der Waals surface area contributed by atoms with Crippen LogP contribution in [0.15, 0.2) is 48.5 Å². The van der Waals surface area contributed by atoms with E-state index in [2.05, 4.69) is 29.2 Å². The Balaban J connectivity index is 1.42. The minimum atomic E-state index is 0.560. The molecule has 0 radical (unpaired) electrons. The van der Waals surface area contributed by atoms with Crippen LogP contribution in [0.5, 0.6) is 5.75 Å². The van der Waals surface area contributed by atoms with Gasteiger partial charge >= 0.3 is 0 Å². The zero-order valence-corrected chi connectivity index (χ0v) is 13.0. The van der Waals surface area contributed by atoms with Gasteiger partial charge in [0.15, 0.2) is 0 Å². The molecule has 116 valence electrons. The molecule has 1 aliphatic heterocycles. The fraction of sp³-hybridized carbons (Fsp3) is 0.368. The summed E-state index contributed by atoms with van der Waals surface area (Å²) < 4.78 is 5.83. The van der Waals surface area contributed by atoms with Crippen LogP contribution in [0.2, 0.25) is 0 Å². The second-order valence-corrected chi connectivity index (χ2v) is 5.85. The van der Waals surface area contributed by atoms with Gasteiger partial charge in [0, 0.05) is 26.2 Å². The van der Waals surface area contributed by atoms with Crippen molar-refractivity contribution < 1.29 is 4.74 Å². The van der Waals surface area contributed by atoms with Crippen molar-refractivity contribution in [3.05, 3.63) is 65.2 Å². The molecular weight excluding hydrogens is 272 g/mol. The van der Waals surface area contributed by atoms with Crippen LogP contribution in [0.1, 0.15) is 23.1 Å². The van der Waals surface area contributed by atoms with Gasteiger partial charge in [-0.2, -0.15) is 0 Å². The number of benzene rings is 2. The summed E-state index contributed by atoms with van der Waals surface area (Å²) in [6.07, 6.45) is 2.21. The van der Waals surface area contributed by atoms with E-state index in [9.17, 15) is 0 Å². The Morgan fingerprint density at radius 2 is 1.91 bits per heavy atom. The van der Waals surface area contributed by atoms with E-state index in [1.54, 1.807) is 0 Å². The molecule has 2 aromatic carbocycles. The average Bonchev–Trinajstić information content (AvgIpc) is 2.59. The maximum atomic E-state index is 5.83. The topological polar surface area (TPSA) is 38.5 Å². The highest BCUT2D eigenvalue weighted by molar-refractivity contribution is 5.29. The first-order chi connectivity index (χ1) is 10.8. The van der Waals surface area contributed by atoms with Crippen LogP contribution in [0, 0.1) is 0 Å². The highest BCUT2D eigenvalue weighted by Gasteiger charge is 2.14. The summed E-state index contributed by atoms with van der Waals surface area (Å²) in [5.41, 5.74) is 9.75. The van der Waals surface area contributed by atoms with Gasteiger partial charge in [-0.25, -0.2) is 0 Å². The van der Waals surface area contributed by atoms with Gasteiger partial charge in [0.2, 0.25) is 0 Å². The average molecular weight is 296 g/mol. The van der Waals surface area contributed by atoms with E-state index in [4.69, 9.17) is 10.5 Å². The quantitative estimate of drug-likeness (QED) is 0.833. The van der Waals surface area contributed by atoms with Gasteiger partial charge in [-0.15, -0.1) is 0 Å². The van der Waals surface area contributed by atoms with Gasteiger partial charge in [-0.05, 0) is 41.7 Å². The molecule has 0 spiro atoms. The number of nitrogens with zero attached hydrogens (tertiary/aromatic N) is 1. The van der Waals surface area contributed by atoms with E-state index in [0.29, 0.717) is 6.54 Å². The van der Waals surface area contributed by atoms with Crippen molar-refractivity contribution in [1.82, 2.24) is 4.90 Å². The largest absolute Gasteiger partial charge is 0.494 e. The second kappa shape index (κ2) is 7.43. The summed E-state index contributed by atoms with van der Waals surface area (Å²) in [5, 5.41) is 0. The number of hydrogen-bond acceptors (Lipinski definition) is 3. The minimum Gasteiger partial charge on any atom is -0.494 e. The third-order valence-electron chi connectivity index (χ3n) is 4.23. The SMILES string of the molecule is NCc1cccc(OCCCN2CCc3ccccc3C2)c1. The molecule has 0 atom stereocenters. The lowest BCUT2D eigenvalue weighted by atomic mass is 10.00. The van der Waals surface area contributed by atoms with Gasteiger partial charge < -0.3 is 10.5 Å². The van der Waals surface area contributed by atoms with Gasteiger partial charge in [0.25, 0.3) is 0 Å². The van der Waals surface area contributed by atoms with Crippen molar-refractivity contribution in [3.8, 4) is 5.75 Å². The molecule has 2 aromatic rings. The molecule has 0 aromatic heterocycles. The fourth-order valence-corrected chi connectivity index (χ4v) is 2.99. The lowest BCUT2D eigenvalue weighted by Crippen LogP contribution is -2.31. The number of hydrogen-bond donors (Lipinski definition) is 1. The van der Waals surface area contributed by atoms with Crippen LogP contribution in [0.4, 0.5) is 0 Å². The summed E-state index contributed by atoms with van der Waals surface area (Å²) in [4.78, 5) is 2.52. The molecule has 1 heterocycles. The normalized spacial score (nSPS) is 14.6. The molecule has 0 fully saturated rings. The maximum absolute atomic E-state index is 5.83. The van der Waals surface area contributed by atoms with Crippen LogP contribution < -0.4 is 10.5 Å². The Bertz CT molecular complexity index is 612. The Kier molecular flexibility index (Phi) is 5.09. The molecular formula is C19H24N2O. The Morgan fingerprint density at radius 3 is 2.77 bits per heavy atom. The standard InChI is InChI=1S/C19H24N2O/c20-14-16-5-3-8-19(13-16)22-12-4-10-21-11-9-17-6-1-2-7-18(17)15-21/h1-3,5-8,13H,4,9-12,14-15,20H2. The molecule has 2 N–H and O–H groups in total. The fourth-order valence-electron chi connectivity index (χ4n) is 2.99. The van der Waals surface area contributed by atoms with Crippen molar-refractivity contribution in [2.24, 2.45) is 5.73 Å². The zero-order valence-electron chi connectivity index (χ0n) is 13.0. The first kappa shape index (κ1) is 15.1. The number of nitrogens with two attached hydrogens (primary N) is 1. The molecule has 22 heavy (non-hydrogen) atoms. The molecule has 3 rings (SSSR count). The Labute approximate surface area is 132 Å². The van der Waals surface area contributed by atoms with Crippen molar-refractivity contribution >= 4 is 0 Å². The first-order valence-electron chi connectivity index (χ1n) is 8.06. The van der Waals surface area contributed by atoms with Crippen LogP contribution in [0.25, 0.3) is 0 Å². The van der Waals surface area contributed by atoms with Gasteiger partial charge in [-0.1, -0.05) is 36.4 Å². The van der Waals surface area contributed by atoms with Gasteiger partial charge in [-0.3, -0.25) is 4.90 Å². The number of fused-ring (bicyclic) bond motifs is 1. The minimum absolute atomic E-state index is 0.560. The van der Waals surface area contributed by atoms with Crippen molar-refractivity contribution in [3.63, 3.8) is 0 Å². The molecule has 1 aliphatic rings. The van der Waals surface area contributed by atoms with Gasteiger partial charge in [0.05, 0.1) is 6.61 Å². The van der Waals surface area contributed by atoms with Crippen molar-refractivity contribution in [1.29, 1.82) is 0 Å². The van der Waals surface area contributed by atoms with Crippen molar-refractivity contribution in [2.45, 2.75) is 25.9 Å². The van der Waals surface area contributed by atoms with Gasteiger partial charge in [0.1, 0.15) is 5.75 Å². The molecule has 0 bridgehead atoms. The van der Waals surface area contributed by atoms with E-state index in [1.165, 1.54) is 11.1 Å². The Hall–Kier alpha value is -1.84. The predicted octanol–water partition coefficient (Wildman–Crippen LogP) is 2.97. The van der Waals surface area contributed by atoms with Crippen LogP contribution in [-0.2, 0) is 19.5 Å². The molecule has 0 amide bonds. The lowest BCUT2D eigenvalue weighted by molar-refractivity contribution is 0.221. The predicted molar refractivity (Wildman–Crippen MR) is 89.9 cm³/mol. The third-order valence-corrected chi connectivity index (χ3v) is 4.23. The monoisotopic (exact) mass is 296 g/mol. The zero-order chi connectivity index (χ0) is 15.2. The summed E-state index contributed by atoms with van der Waals surface area (Å²) in [7, 11) is 0. The molecule has 3 nitrogen and oxygen atoms in total. The molecule has 0 saturated heterocycles. The summed E-state index contributed by atoms with van der Waals surface area (Å²) >= 11 is 0. The summed E-state index contributed by atoms with van der Waals surface area (Å²) in [6.45, 7) is 4.62. The Morgan fingerprint density at radius 1 is 1.05 bits per heavy atom. The smallest absolute Gasteiger partial charge is 0.119 e. The van der Waals surface area contributed by atoms with E-state index in [1.807, 2.05) is 24.3 Å². The maximum Gasteiger partial charge on any atom is 0.119 e. The number of rotatable bonds is 6. The van der Waals surface area contributed by atoms with Crippen LogP contribution in [-0.4, -0.2) is 24.6 Å². The van der Waals surface area contributed by atoms with E-state index >= 15 is 0 Å². The first-order valence-corrected chi connectivity index (χ1v) is 8.06. The van der Waals surface area contributed by atoms with E-state index < -0.39 is 0 Å². The molecule has 0 saturated carbocycles. The molecule has 0 unspecified atom stereocenters. The summed E-state index contributed by atoms with van der Waals surface area (Å²) in [5.74, 6) is 0.923. The molecule has 3 heteroatoms. The van der Waals surface area contributed by atoms with Crippen molar-refractivity contribution in [2.75, 3.05) is 19.7 Å². The van der Waals surface area contributed by atoms with E-state index in [0.717, 1.165) is 50.4 Å². The highest BCUT2D eigenvalue weighted by atomic mass is 16.5. The van der Waals surface area contributed by atoms with Crippen LogP contribution in [0.3, 0.4) is 0 Å². The number of ether oxygens (including phenoxy) is 1. The van der Waals surface area contributed by atoms with Crippen LogP contribution >= 0.6 is 0 Å². The van der Waals surface area contributed by atoms with E-state index in [-0.39, 0.29) is 0 Å². The second-order valence-electron chi connectivity index (χ2n) is 5.85. The summed E-state index contributed by atoms with van der Waals surface area (Å²) in [6, 6.07) is 16.8. The molecule has 0 aliphatic carbocycles.